The molecule has 1 aromatic carbocycles. The number of carbonyl (C=O) groups is 2. The molecule has 2 aromatic rings. The average Bonchev–Trinajstić information content (AvgIpc) is 3.02. The summed E-state index contributed by atoms with van der Waals surface area (Å²) in [5, 5.41) is 8.25. The Morgan fingerprint density at radius 2 is 2.00 bits per heavy atom. The fourth-order valence-corrected chi connectivity index (χ4v) is 3.33. The molecule has 1 aromatic heterocycles. The van der Waals surface area contributed by atoms with Crippen LogP contribution in [0.15, 0.2) is 24.4 Å². The molecule has 0 radical (unpaired) electrons. The molecule has 0 saturated carbocycles. The third-order valence-corrected chi connectivity index (χ3v) is 4.77. The number of benzene rings is 1. The van der Waals surface area contributed by atoms with E-state index >= 15 is 0 Å². The molecule has 1 fully saturated rings. The lowest BCUT2D eigenvalue weighted by Gasteiger charge is -2.29. The Kier molecular flexibility index (Phi) is 5.36. The first-order valence-electron chi connectivity index (χ1n) is 9.05. The first-order valence-corrected chi connectivity index (χ1v) is 9.05. The predicted molar refractivity (Wildman–Crippen MR) is 97.1 cm³/mol. The van der Waals surface area contributed by atoms with Gasteiger partial charge in [-0.15, -0.1) is 0 Å². The van der Waals surface area contributed by atoms with Gasteiger partial charge in [0.15, 0.2) is 0 Å². The van der Waals surface area contributed by atoms with Crippen LogP contribution in [-0.4, -0.2) is 45.6 Å². The third-order valence-electron chi connectivity index (χ3n) is 4.77. The van der Waals surface area contributed by atoms with Crippen LogP contribution in [0.2, 0.25) is 0 Å². The number of hydrogen-bond donors (Lipinski definition) is 1. The molecule has 1 saturated heterocycles. The molecule has 1 atom stereocenters. The number of aromatic nitrogens is 2. The second kappa shape index (κ2) is 7.68. The van der Waals surface area contributed by atoms with E-state index in [1.165, 1.54) is 12.0 Å². The smallest absolute Gasteiger partial charge is 0.244 e. The Labute approximate surface area is 148 Å². The van der Waals surface area contributed by atoms with Gasteiger partial charge in [-0.05, 0) is 44.7 Å². The third kappa shape index (κ3) is 4.18. The fourth-order valence-electron chi connectivity index (χ4n) is 3.33. The monoisotopic (exact) mass is 342 g/mol. The summed E-state index contributed by atoms with van der Waals surface area (Å²) < 4.78 is 1.85. The number of rotatable bonds is 5. The summed E-state index contributed by atoms with van der Waals surface area (Å²) in [6.07, 6.45) is 5.41. The van der Waals surface area contributed by atoms with Crippen LogP contribution >= 0.6 is 0 Å². The number of hydrogen-bond acceptors (Lipinski definition) is 3. The summed E-state index contributed by atoms with van der Waals surface area (Å²) >= 11 is 0. The largest absolute Gasteiger partial charge is 0.345 e. The van der Waals surface area contributed by atoms with Crippen molar-refractivity contribution in [2.45, 2.75) is 52.1 Å². The number of nitrogens with one attached hydrogen (secondary N) is 1. The molecule has 134 valence electrons. The first-order chi connectivity index (χ1) is 12.0. The van der Waals surface area contributed by atoms with Crippen LogP contribution in [0.3, 0.4) is 0 Å². The van der Waals surface area contributed by atoms with Gasteiger partial charge in [0.05, 0.1) is 18.3 Å². The number of likely N-dealkylation sites (tertiary alicyclic amines) is 1. The summed E-state index contributed by atoms with van der Waals surface area (Å²) in [5.41, 5.74) is 2.20. The van der Waals surface area contributed by atoms with Crippen LogP contribution in [0.1, 0.15) is 38.2 Å². The van der Waals surface area contributed by atoms with Crippen molar-refractivity contribution in [3.63, 3.8) is 0 Å². The van der Waals surface area contributed by atoms with Crippen molar-refractivity contribution in [1.82, 2.24) is 20.0 Å². The molecule has 6 heteroatoms. The number of amides is 2. The molecule has 0 spiro atoms. The van der Waals surface area contributed by atoms with Crippen molar-refractivity contribution < 1.29 is 9.59 Å². The van der Waals surface area contributed by atoms with Gasteiger partial charge in [0, 0.05) is 24.9 Å². The number of carbonyl (C=O) groups excluding carboxylic acids is 2. The number of nitrogens with zero attached hydrogens (tertiary/aromatic N) is 3. The maximum absolute atomic E-state index is 12.4. The zero-order valence-electron chi connectivity index (χ0n) is 15.0. The van der Waals surface area contributed by atoms with E-state index < -0.39 is 6.04 Å². The Hall–Kier alpha value is -2.37. The summed E-state index contributed by atoms with van der Waals surface area (Å²) in [7, 11) is 0. The van der Waals surface area contributed by atoms with Gasteiger partial charge in [-0.3, -0.25) is 14.3 Å². The minimum absolute atomic E-state index is 0.0215. The quantitative estimate of drug-likeness (QED) is 0.906. The maximum Gasteiger partial charge on any atom is 0.244 e. The Morgan fingerprint density at radius 3 is 2.76 bits per heavy atom. The molecule has 2 heterocycles. The second-order valence-corrected chi connectivity index (χ2v) is 6.86. The summed E-state index contributed by atoms with van der Waals surface area (Å²) in [6.45, 7) is 5.91. The SMILES string of the molecule is Cc1ccc2cnn(CCC(=O)N[C@@H](C)C(=O)N3CCCCC3)c2c1. The zero-order valence-corrected chi connectivity index (χ0v) is 15.0. The van der Waals surface area contributed by atoms with Crippen LogP contribution < -0.4 is 5.32 Å². The highest BCUT2D eigenvalue weighted by atomic mass is 16.2. The summed E-state index contributed by atoms with van der Waals surface area (Å²) in [6, 6.07) is 5.69. The molecule has 0 bridgehead atoms. The minimum atomic E-state index is -0.470. The molecule has 1 N–H and O–H groups in total. The lowest BCUT2D eigenvalue weighted by Crippen LogP contribution is -2.48. The van der Waals surface area contributed by atoms with Crippen LogP contribution in [0, 0.1) is 6.92 Å². The standard InChI is InChI=1S/C19H26N4O2/c1-14-6-7-16-13-20-23(17(16)12-14)11-8-18(24)21-15(2)19(25)22-9-4-3-5-10-22/h6-7,12-13,15H,3-5,8-11H2,1-2H3,(H,21,24)/t15-/m0/s1. The van der Waals surface area contributed by atoms with E-state index in [4.69, 9.17) is 0 Å². The van der Waals surface area contributed by atoms with Crippen molar-refractivity contribution in [1.29, 1.82) is 0 Å². The number of aryl methyl sites for hydroxylation is 2. The lowest BCUT2D eigenvalue weighted by atomic mass is 10.1. The van der Waals surface area contributed by atoms with Crippen LogP contribution in [0.4, 0.5) is 0 Å². The molecular weight excluding hydrogens is 316 g/mol. The normalized spacial score (nSPS) is 16.0. The molecule has 6 nitrogen and oxygen atoms in total. The van der Waals surface area contributed by atoms with E-state index in [2.05, 4.69) is 22.5 Å². The Balaban J connectivity index is 1.53. The van der Waals surface area contributed by atoms with Gasteiger partial charge in [0.1, 0.15) is 6.04 Å². The first kappa shape index (κ1) is 17.5. The van der Waals surface area contributed by atoms with E-state index in [0.29, 0.717) is 13.0 Å². The average molecular weight is 342 g/mol. The highest BCUT2D eigenvalue weighted by Crippen LogP contribution is 2.15. The van der Waals surface area contributed by atoms with Crippen LogP contribution in [-0.2, 0) is 16.1 Å². The van der Waals surface area contributed by atoms with Gasteiger partial charge in [-0.1, -0.05) is 12.1 Å². The van der Waals surface area contributed by atoms with Gasteiger partial charge >= 0.3 is 0 Å². The zero-order chi connectivity index (χ0) is 17.8. The molecule has 2 amide bonds. The van der Waals surface area contributed by atoms with Crippen molar-refractivity contribution in [2.24, 2.45) is 0 Å². The fraction of sp³-hybridized carbons (Fsp3) is 0.526. The molecule has 0 aliphatic carbocycles. The number of fused-ring (bicyclic) bond motifs is 1. The minimum Gasteiger partial charge on any atom is -0.345 e. The van der Waals surface area contributed by atoms with Crippen LogP contribution in [0.5, 0.6) is 0 Å². The van der Waals surface area contributed by atoms with Crippen molar-refractivity contribution >= 4 is 22.7 Å². The van der Waals surface area contributed by atoms with Crippen molar-refractivity contribution in [2.75, 3.05) is 13.1 Å². The van der Waals surface area contributed by atoms with E-state index in [1.807, 2.05) is 28.8 Å². The Morgan fingerprint density at radius 1 is 1.24 bits per heavy atom. The van der Waals surface area contributed by atoms with Crippen molar-refractivity contribution in [3.05, 3.63) is 30.0 Å². The summed E-state index contributed by atoms with van der Waals surface area (Å²) in [4.78, 5) is 26.4. The lowest BCUT2D eigenvalue weighted by molar-refractivity contribution is -0.136. The molecular formula is C19H26N4O2. The van der Waals surface area contributed by atoms with E-state index in [-0.39, 0.29) is 11.8 Å². The topological polar surface area (TPSA) is 67.2 Å². The molecule has 1 aliphatic rings. The molecule has 3 rings (SSSR count). The van der Waals surface area contributed by atoms with E-state index in [1.54, 1.807) is 6.92 Å². The molecule has 0 unspecified atom stereocenters. The number of piperidine rings is 1. The van der Waals surface area contributed by atoms with E-state index in [9.17, 15) is 9.59 Å². The highest BCUT2D eigenvalue weighted by molar-refractivity contribution is 5.87. The van der Waals surface area contributed by atoms with Gasteiger partial charge in [-0.25, -0.2) is 0 Å². The second-order valence-electron chi connectivity index (χ2n) is 6.86. The van der Waals surface area contributed by atoms with Crippen LogP contribution in [0.25, 0.3) is 10.9 Å². The maximum atomic E-state index is 12.4. The molecule has 25 heavy (non-hydrogen) atoms. The highest BCUT2D eigenvalue weighted by Gasteiger charge is 2.23. The van der Waals surface area contributed by atoms with Gasteiger partial charge in [-0.2, -0.15) is 5.10 Å². The Bertz CT molecular complexity index is 762. The van der Waals surface area contributed by atoms with Gasteiger partial charge in [0.2, 0.25) is 11.8 Å². The predicted octanol–water partition coefficient (Wildman–Crippen LogP) is 2.25. The van der Waals surface area contributed by atoms with Gasteiger partial charge in [0.25, 0.3) is 0 Å². The van der Waals surface area contributed by atoms with Gasteiger partial charge < -0.3 is 10.2 Å². The van der Waals surface area contributed by atoms with Crippen molar-refractivity contribution in [3.8, 4) is 0 Å². The molecule has 1 aliphatic heterocycles. The summed E-state index contributed by atoms with van der Waals surface area (Å²) in [5.74, 6) is -0.0950. The van der Waals surface area contributed by atoms with E-state index in [0.717, 1.165) is 36.8 Å².